The molecule has 1 aromatic carbocycles. The Morgan fingerprint density at radius 1 is 1.35 bits per heavy atom. The van der Waals surface area contributed by atoms with E-state index in [0.717, 1.165) is 6.42 Å². The van der Waals surface area contributed by atoms with Gasteiger partial charge in [-0.05, 0) is 54.2 Å². The highest BCUT2D eigenvalue weighted by molar-refractivity contribution is 6.35. The van der Waals surface area contributed by atoms with Gasteiger partial charge in [-0.3, -0.25) is 4.79 Å². The molecular formula is C16H17Cl2NO. The van der Waals surface area contributed by atoms with E-state index in [1.165, 1.54) is 12.8 Å². The summed E-state index contributed by atoms with van der Waals surface area (Å²) in [4.78, 5) is 12.8. The molecule has 0 heterocycles. The summed E-state index contributed by atoms with van der Waals surface area (Å²) in [7, 11) is 0. The Labute approximate surface area is 128 Å². The van der Waals surface area contributed by atoms with Gasteiger partial charge in [0.1, 0.15) is 0 Å². The highest BCUT2D eigenvalue weighted by Crippen LogP contribution is 2.93. The average Bonchev–Trinajstić information content (AvgIpc) is 2.77. The first-order valence-electron chi connectivity index (χ1n) is 7.12. The van der Waals surface area contributed by atoms with Crippen LogP contribution in [0.4, 0.5) is 5.69 Å². The molecule has 4 bridgehead atoms. The second kappa shape index (κ2) is 3.53. The van der Waals surface area contributed by atoms with Crippen molar-refractivity contribution >= 4 is 34.8 Å². The van der Waals surface area contributed by atoms with Gasteiger partial charge in [0, 0.05) is 5.02 Å². The predicted molar refractivity (Wildman–Crippen MR) is 81.1 cm³/mol. The highest BCUT2D eigenvalue weighted by atomic mass is 35.5. The number of rotatable bonds is 2. The molecule has 0 saturated heterocycles. The zero-order chi connectivity index (χ0) is 14.3. The summed E-state index contributed by atoms with van der Waals surface area (Å²) in [5.74, 6) is 0.688. The summed E-state index contributed by atoms with van der Waals surface area (Å²) in [6.45, 7) is 4.62. The molecule has 2 nitrogen and oxygen atoms in total. The molecule has 0 spiro atoms. The van der Waals surface area contributed by atoms with Gasteiger partial charge >= 0.3 is 0 Å². The third-order valence-electron chi connectivity index (χ3n) is 6.77. The molecule has 4 heteroatoms. The number of halogens is 2. The normalized spacial score (nSPS) is 43.7. The molecular weight excluding hydrogens is 293 g/mol. The lowest BCUT2D eigenvalue weighted by Crippen LogP contribution is -2.81. The van der Waals surface area contributed by atoms with Crippen LogP contribution in [0.5, 0.6) is 0 Å². The number of carbonyl (C=O) groups is 1. The Kier molecular flexibility index (Phi) is 2.29. The summed E-state index contributed by atoms with van der Waals surface area (Å²) in [6.07, 6.45) is 3.37. The lowest BCUT2D eigenvalue weighted by molar-refractivity contribution is -0.326. The van der Waals surface area contributed by atoms with E-state index in [-0.39, 0.29) is 16.7 Å². The minimum atomic E-state index is -0.159. The molecule has 4 atom stereocenters. The maximum absolute atomic E-state index is 12.8. The van der Waals surface area contributed by atoms with Gasteiger partial charge in [0.2, 0.25) is 5.91 Å². The van der Waals surface area contributed by atoms with E-state index < -0.39 is 0 Å². The number of nitrogens with one attached hydrogen (secondary N) is 1. The summed E-state index contributed by atoms with van der Waals surface area (Å²) >= 11 is 12.1. The number of anilines is 1. The predicted octanol–water partition coefficient (Wildman–Crippen LogP) is 4.76. The molecule has 106 valence electrons. The van der Waals surface area contributed by atoms with Crippen LogP contribution in [-0.4, -0.2) is 5.91 Å². The molecule has 6 rings (SSSR count). The van der Waals surface area contributed by atoms with Gasteiger partial charge in [-0.2, -0.15) is 0 Å². The summed E-state index contributed by atoms with van der Waals surface area (Å²) < 4.78 is 0. The van der Waals surface area contributed by atoms with Crippen molar-refractivity contribution in [3.8, 4) is 0 Å². The quantitative estimate of drug-likeness (QED) is 0.838. The Morgan fingerprint density at radius 3 is 2.70 bits per heavy atom. The van der Waals surface area contributed by atoms with Crippen molar-refractivity contribution in [3.05, 3.63) is 28.2 Å². The zero-order valence-electron chi connectivity index (χ0n) is 11.6. The van der Waals surface area contributed by atoms with Crippen LogP contribution in [0, 0.1) is 22.2 Å². The number of amides is 1. The van der Waals surface area contributed by atoms with Crippen molar-refractivity contribution in [1.29, 1.82) is 0 Å². The van der Waals surface area contributed by atoms with Gasteiger partial charge in [0.15, 0.2) is 0 Å². The number of hydrogen-bond donors (Lipinski definition) is 1. The lowest BCUT2D eigenvalue weighted by Gasteiger charge is -2.81. The van der Waals surface area contributed by atoms with Gasteiger partial charge in [0.25, 0.3) is 0 Å². The van der Waals surface area contributed by atoms with Crippen molar-refractivity contribution in [1.82, 2.24) is 0 Å². The molecule has 5 saturated carbocycles. The number of benzene rings is 1. The van der Waals surface area contributed by atoms with E-state index >= 15 is 0 Å². The third kappa shape index (κ3) is 1.11. The molecule has 4 unspecified atom stereocenters. The highest BCUT2D eigenvalue weighted by Gasteiger charge is 2.91. The topological polar surface area (TPSA) is 29.1 Å². The Bertz CT molecular complexity index is 645. The van der Waals surface area contributed by atoms with Crippen molar-refractivity contribution < 1.29 is 4.79 Å². The first-order valence-corrected chi connectivity index (χ1v) is 7.87. The van der Waals surface area contributed by atoms with Crippen LogP contribution in [0.25, 0.3) is 0 Å². The molecule has 1 N–H and O–H groups in total. The van der Waals surface area contributed by atoms with Gasteiger partial charge in [-0.1, -0.05) is 37.0 Å². The maximum Gasteiger partial charge on any atom is 0.231 e. The van der Waals surface area contributed by atoms with Gasteiger partial charge in [0.05, 0.1) is 16.1 Å². The minimum absolute atomic E-state index is 0.135. The van der Waals surface area contributed by atoms with E-state index in [1.54, 1.807) is 18.2 Å². The smallest absolute Gasteiger partial charge is 0.231 e. The largest absolute Gasteiger partial charge is 0.324 e. The van der Waals surface area contributed by atoms with E-state index in [1.807, 2.05) is 0 Å². The molecule has 20 heavy (non-hydrogen) atoms. The van der Waals surface area contributed by atoms with Crippen molar-refractivity contribution in [2.24, 2.45) is 22.2 Å². The molecule has 1 aromatic rings. The lowest BCUT2D eigenvalue weighted by atomic mass is 9.21. The number of fused-ring (bicyclic) bond motifs is 1. The number of carbonyl (C=O) groups excluding carboxylic acids is 1. The van der Waals surface area contributed by atoms with E-state index in [4.69, 9.17) is 23.2 Å². The average molecular weight is 310 g/mol. The standard InChI is InChI=1S/C16H17Cl2NO/c1-14-8-16(12(14)5-6-15(14,16)2)13(20)19-11-7-9(17)3-4-10(11)18/h3-4,7,12H,5-6,8H2,1-2H3,(H,19,20). The minimum Gasteiger partial charge on any atom is -0.324 e. The van der Waals surface area contributed by atoms with Crippen LogP contribution in [0.2, 0.25) is 10.0 Å². The van der Waals surface area contributed by atoms with Gasteiger partial charge in [-0.15, -0.1) is 0 Å². The monoisotopic (exact) mass is 309 g/mol. The van der Waals surface area contributed by atoms with Crippen molar-refractivity contribution in [3.63, 3.8) is 0 Å². The Balaban J connectivity index is 1.63. The van der Waals surface area contributed by atoms with E-state index in [0.29, 0.717) is 27.1 Å². The van der Waals surface area contributed by atoms with Gasteiger partial charge < -0.3 is 5.32 Å². The summed E-state index contributed by atoms with van der Waals surface area (Å²) in [5.41, 5.74) is 1.04. The van der Waals surface area contributed by atoms with Crippen molar-refractivity contribution in [2.75, 3.05) is 5.32 Å². The molecule has 0 aliphatic heterocycles. The molecule has 0 radical (unpaired) electrons. The SMILES string of the molecule is CC12CC3(C(=O)Nc4cc(Cl)ccc4Cl)C1CCC23C. The van der Waals surface area contributed by atoms with Crippen LogP contribution in [0.1, 0.15) is 33.1 Å². The summed E-state index contributed by atoms with van der Waals surface area (Å²) in [6, 6.07) is 5.17. The van der Waals surface area contributed by atoms with Crippen LogP contribution in [0.3, 0.4) is 0 Å². The molecule has 5 aliphatic rings. The second-order valence-electron chi connectivity index (χ2n) is 7.07. The fourth-order valence-electron chi connectivity index (χ4n) is 5.55. The Hall–Kier alpha value is -0.730. The Morgan fingerprint density at radius 2 is 2.10 bits per heavy atom. The van der Waals surface area contributed by atoms with Crippen molar-refractivity contribution in [2.45, 2.75) is 33.1 Å². The van der Waals surface area contributed by atoms with Crippen LogP contribution in [-0.2, 0) is 4.79 Å². The fourth-order valence-corrected chi connectivity index (χ4v) is 5.88. The first-order chi connectivity index (χ1) is 9.35. The molecule has 1 amide bonds. The van der Waals surface area contributed by atoms with Crippen LogP contribution < -0.4 is 5.32 Å². The van der Waals surface area contributed by atoms with Crippen LogP contribution in [0.15, 0.2) is 18.2 Å². The summed E-state index contributed by atoms with van der Waals surface area (Å²) in [5, 5.41) is 4.15. The zero-order valence-corrected chi connectivity index (χ0v) is 13.1. The van der Waals surface area contributed by atoms with Gasteiger partial charge in [-0.25, -0.2) is 0 Å². The van der Waals surface area contributed by atoms with E-state index in [2.05, 4.69) is 19.2 Å². The third-order valence-corrected chi connectivity index (χ3v) is 7.33. The second-order valence-corrected chi connectivity index (χ2v) is 7.91. The fraction of sp³-hybridized carbons (Fsp3) is 0.562. The maximum atomic E-state index is 12.8. The van der Waals surface area contributed by atoms with Crippen LogP contribution >= 0.6 is 23.2 Å². The first kappa shape index (κ1) is 13.0. The molecule has 5 fully saturated rings. The van der Waals surface area contributed by atoms with E-state index in [9.17, 15) is 4.79 Å². The molecule has 0 aromatic heterocycles. The number of hydrogen-bond acceptors (Lipinski definition) is 1. The molecule has 5 aliphatic carbocycles.